The van der Waals surface area contributed by atoms with Gasteiger partial charge in [-0.15, -0.1) is 0 Å². The van der Waals surface area contributed by atoms with Gasteiger partial charge in [-0.1, -0.05) is 12.1 Å². The van der Waals surface area contributed by atoms with Gasteiger partial charge in [-0.05, 0) is 37.0 Å². The minimum atomic E-state index is -0.00468. The van der Waals surface area contributed by atoms with Crippen molar-refractivity contribution in [1.82, 2.24) is 4.90 Å². The van der Waals surface area contributed by atoms with Gasteiger partial charge >= 0.3 is 0 Å². The summed E-state index contributed by atoms with van der Waals surface area (Å²) >= 11 is 0. The Morgan fingerprint density at radius 2 is 2.14 bits per heavy atom. The minimum absolute atomic E-state index is 0.00181. The molecule has 0 atom stereocenters. The molecular formula is C16H22N2O4. The van der Waals surface area contributed by atoms with Crippen molar-refractivity contribution in [3.8, 4) is 11.5 Å². The standard InChI is InChI=1S/C16H22N2O4/c1-12-5-7-18(8-6-12)16(19)11-22-14-4-3-13(10-17-20)9-15(14)21-2/h3-4,9-10,12,20H,5-8,11H2,1-2H3/b17-10+. The van der Waals surface area contributed by atoms with Crippen molar-refractivity contribution in [3.05, 3.63) is 23.8 Å². The van der Waals surface area contributed by atoms with Crippen LogP contribution in [0.1, 0.15) is 25.3 Å². The van der Waals surface area contributed by atoms with Crippen LogP contribution < -0.4 is 9.47 Å². The highest BCUT2D eigenvalue weighted by Crippen LogP contribution is 2.27. The third-order valence-corrected chi connectivity index (χ3v) is 3.88. The Hall–Kier alpha value is -2.24. The molecule has 0 spiro atoms. The molecule has 0 unspecified atom stereocenters. The zero-order valence-corrected chi connectivity index (χ0v) is 13.0. The molecule has 1 aliphatic heterocycles. The number of carbonyl (C=O) groups is 1. The van der Waals surface area contributed by atoms with E-state index in [1.54, 1.807) is 18.2 Å². The van der Waals surface area contributed by atoms with Crippen LogP contribution in [0, 0.1) is 5.92 Å². The maximum atomic E-state index is 12.2. The van der Waals surface area contributed by atoms with Crippen molar-refractivity contribution < 1.29 is 19.5 Å². The number of hydrogen-bond donors (Lipinski definition) is 1. The van der Waals surface area contributed by atoms with E-state index in [1.807, 2.05) is 4.90 Å². The smallest absolute Gasteiger partial charge is 0.260 e. The molecule has 1 heterocycles. The molecule has 1 aliphatic rings. The zero-order valence-electron chi connectivity index (χ0n) is 13.0. The summed E-state index contributed by atoms with van der Waals surface area (Å²) in [5.41, 5.74) is 0.683. The van der Waals surface area contributed by atoms with Gasteiger partial charge in [-0.25, -0.2) is 0 Å². The summed E-state index contributed by atoms with van der Waals surface area (Å²) in [7, 11) is 1.52. The summed E-state index contributed by atoms with van der Waals surface area (Å²) in [4.78, 5) is 14.0. The predicted molar refractivity (Wildman–Crippen MR) is 82.8 cm³/mol. The second-order valence-corrected chi connectivity index (χ2v) is 5.51. The van der Waals surface area contributed by atoms with E-state index in [0.717, 1.165) is 25.9 Å². The van der Waals surface area contributed by atoms with E-state index in [-0.39, 0.29) is 12.5 Å². The van der Waals surface area contributed by atoms with Crippen molar-refractivity contribution in [2.75, 3.05) is 26.8 Å². The van der Waals surface area contributed by atoms with E-state index in [1.165, 1.54) is 13.3 Å². The SMILES string of the molecule is COc1cc(/C=N/O)ccc1OCC(=O)N1CCC(C)CC1. The highest BCUT2D eigenvalue weighted by atomic mass is 16.5. The number of hydrogen-bond acceptors (Lipinski definition) is 5. The number of rotatable bonds is 5. The van der Waals surface area contributed by atoms with E-state index in [9.17, 15) is 4.79 Å². The number of piperidine rings is 1. The number of ether oxygens (including phenoxy) is 2. The van der Waals surface area contributed by atoms with Crippen LogP contribution in [0.2, 0.25) is 0 Å². The first-order chi connectivity index (χ1) is 10.6. The van der Waals surface area contributed by atoms with Crippen LogP contribution in [0.15, 0.2) is 23.4 Å². The summed E-state index contributed by atoms with van der Waals surface area (Å²) in [5.74, 6) is 1.68. The maximum Gasteiger partial charge on any atom is 0.260 e. The fourth-order valence-electron chi connectivity index (χ4n) is 2.44. The molecule has 0 aromatic heterocycles. The van der Waals surface area contributed by atoms with Crippen LogP contribution in [-0.2, 0) is 4.79 Å². The highest BCUT2D eigenvalue weighted by Gasteiger charge is 2.20. The molecule has 6 heteroatoms. The van der Waals surface area contributed by atoms with Gasteiger partial charge in [0.2, 0.25) is 0 Å². The predicted octanol–water partition coefficient (Wildman–Crippen LogP) is 2.14. The summed E-state index contributed by atoms with van der Waals surface area (Å²) in [5, 5.41) is 11.5. The molecule has 0 aliphatic carbocycles. The first-order valence-corrected chi connectivity index (χ1v) is 7.40. The quantitative estimate of drug-likeness (QED) is 0.514. The molecule has 22 heavy (non-hydrogen) atoms. The Bertz CT molecular complexity index is 537. The molecule has 6 nitrogen and oxygen atoms in total. The summed E-state index contributed by atoms with van der Waals surface area (Å²) in [6, 6.07) is 5.11. The molecule has 1 amide bonds. The van der Waals surface area contributed by atoms with E-state index in [2.05, 4.69) is 12.1 Å². The second kappa shape index (κ2) is 7.68. The lowest BCUT2D eigenvalue weighted by atomic mass is 9.99. The van der Waals surface area contributed by atoms with Crippen molar-refractivity contribution in [2.24, 2.45) is 11.1 Å². The number of carbonyl (C=O) groups excluding carboxylic acids is 1. The van der Waals surface area contributed by atoms with Crippen LogP contribution in [-0.4, -0.2) is 49.0 Å². The summed E-state index contributed by atoms with van der Waals surface area (Å²) in [6.07, 6.45) is 3.39. The average Bonchev–Trinajstić information content (AvgIpc) is 2.54. The summed E-state index contributed by atoms with van der Waals surface area (Å²) in [6.45, 7) is 3.80. The average molecular weight is 306 g/mol. The van der Waals surface area contributed by atoms with Gasteiger partial charge < -0.3 is 19.6 Å². The second-order valence-electron chi connectivity index (χ2n) is 5.51. The molecule has 2 rings (SSSR count). The van der Waals surface area contributed by atoms with Crippen LogP contribution in [0.4, 0.5) is 0 Å². The van der Waals surface area contributed by atoms with Gasteiger partial charge in [0, 0.05) is 18.7 Å². The van der Waals surface area contributed by atoms with Crippen molar-refractivity contribution in [2.45, 2.75) is 19.8 Å². The number of benzene rings is 1. The highest BCUT2D eigenvalue weighted by molar-refractivity contribution is 5.80. The molecule has 0 saturated carbocycles. The number of likely N-dealkylation sites (tertiary alicyclic amines) is 1. The van der Waals surface area contributed by atoms with Gasteiger partial charge in [0.05, 0.1) is 13.3 Å². The third kappa shape index (κ3) is 4.13. The summed E-state index contributed by atoms with van der Waals surface area (Å²) < 4.78 is 10.8. The Balaban J connectivity index is 1.94. The first-order valence-electron chi connectivity index (χ1n) is 7.40. The molecule has 1 aromatic carbocycles. The Labute approximate surface area is 130 Å². The van der Waals surface area contributed by atoms with E-state index in [4.69, 9.17) is 14.7 Å². The molecule has 120 valence electrons. The van der Waals surface area contributed by atoms with Crippen LogP contribution >= 0.6 is 0 Å². The lowest BCUT2D eigenvalue weighted by molar-refractivity contribution is -0.134. The van der Waals surface area contributed by atoms with E-state index < -0.39 is 0 Å². The zero-order chi connectivity index (χ0) is 15.9. The molecule has 0 bridgehead atoms. The van der Waals surface area contributed by atoms with E-state index >= 15 is 0 Å². The van der Waals surface area contributed by atoms with Gasteiger partial charge in [-0.2, -0.15) is 0 Å². The third-order valence-electron chi connectivity index (χ3n) is 3.88. The van der Waals surface area contributed by atoms with Crippen molar-refractivity contribution >= 4 is 12.1 Å². The molecule has 0 radical (unpaired) electrons. The van der Waals surface area contributed by atoms with Gasteiger partial charge in [-0.3, -0.25) is 4.79 Å². The minimum Gasteiger partial charge on any atom is -0.493 e. The number of amides is 1. The van der Waals surface area contributed by atoms with Crippen molar-refractivity contribution in [1.29, 1.82) is 0 Å². The van der Waals surface area contributed by atoms with Crippen LogP contribution in [0.5, 0.6) is 11.5 Å². The van der Waals surface area contributed by atoms with Gasteiger partial charge in [0.25, 0.3) is 5.91 Å². The number of oxime groups is 1. The van der Waals surface area contributed by atoms with Crippen LogP contribution in [0.3, 0.4) is 0 Å². The van der Waals surface area contributed by atoms with Crippen molar-refractivity contribution in [3.63, 3.8) is 0 Å². The fourth-order valence-corrected chi connectivity index (χ4v) is 2.44. The Morgan fingerprint density at radius 3 is 2.77 bits per heavy atom. The Kier molecular flexibility index (Phi) is 5.63. The molecule has 1 N–H and O–H groups in total. The molecular weight excluding hydrogens is 284 g/mol. The first kappa shape index (κ1) is 16.1. The van der Waals surface area contributed by atoms with Crippen LogP contribution in [0.25, 0.3) is 0 Å². The normalized spacial score (nSPS) is 16.0. The van der Waals surface area contributed by atoms with Gasteiger partial charge in [0.1, 0.15) is 0 Å². The maximum absolute atomic E-state index is 12.2. The Morgan fingerprint density at radius 1 is 1.41 bits per heavy atom. The molecule has 1 aromatic rings. The monoisotopic (exact) mass is 306 g/mol. The number of nitrogens with zero attached hydrogens (tertiary/aromatic N) is 2. The number of methoxy groups -OCH3 is 1. The largest absolute Gasteiger partial charge is 0.493 e. The lowest BCUT2D eigenvalue weighted by Crippen LogP contribution is -2.40. The van der Waals surface area contributed by atoms with Gasteiger partial charge in [0.15, 0.2) is 18.1 Å². The lowest BCUT2D eigenvalue weighted by Gasteiger charge is -2.30. The van der Waals surface area contributed by atoms with E-state index in [0.29, 0.717) is 23.0 Å². The fraction of sp³-hybridized carbons (Fsp3) is 0.500. The molecule has 1 fully saturated rings. The molecule has 1 saturated heterocycles. The topological polar surface area (TPSA) is 71.4 Å².